The van der Waals surface area contributed by atoms with E-state index in [0.29, 0.717) is 31.6 Å². The Morgan fingerprint density at radius 2 is 1.62 bits per heavy atom. The molecule has 0 spiro atoms. The van der Waals surface area contributed by atoms with Crippen molar-refractivity contribution < 1.29 is 32.3 Å². The fourth-order valence-electron chi connectivity index (χ4n) is 6.99. The number of likely N-dealkylation sites (tertiary alicyclic amines) is 1. The summed E-state index contributed by atoms with van der Waals surface area (Å²) in [7, 11) is -3.41. The van der Waals surface area contributed by atoms with Crippen LogP contribution in [0.4, 0.5) is 4.79 Å². The van der Waals surface area contributed by atoms with Crippen molar-refractivity contribution in [2.75, 3.05) is 18.1 Å². The third-order valence-corrected chi connectivity index (χ3v) is 11.5. The summed E-state index contributed by atoms with van der Waals surface area (Å²) in [6.07, 6.45) is 7.68. The van der Waals surface area contributed by atoms with Gasteiger partial charge in [0, 0.05) is 13.0 Å². The van der Waals surface area contributed by atoms with E-state index in [0.717, 1.165) is 38.5 Å². The Labute approximate surface area is 282 Å². The maximum Gasteiger partial charge on any atom is 0.315 e. The van der Waals surface area contributed by atoms with E-state index in [9.17, 15) is 27.6 Å². The minimum Gasteiger partial charge on any atom is -0.371 e. The quantitative estimate of drug-likeness (QED) is 0.203. The fourth-order valence-corrected chi connectivity index (χ4v) is 9.17. The molecule has 0 aromatic carbocycles. The van der Waals surface area contributed by atoms with E-state index in [1.165, 1.54) is 4.90 Å². The van der Waals surface area contributed by atoms with Gasteiger partial charge in [-0.2, -0.15) is 0 Å². The van der Waals surface area contributed by atoms with Gasteiger partial charge >= 0.3 is 6.03 Å². The molecule has 0 radical (unpaired) electrons. The number of nitrogens with two attached hydrogens (primary N) is 1. The maximum absolute atomic E-state index is 13.9. The van der Waals surface area contributed by atoms with E-state index in [4.69, 9.17) is 10.5 Å². The molecular weight excluding hydrogens is 622 g/mol. The minimum absolute atomic E-state index is 0.0676. The molecule has 4 amide bonds. The molecule has 3 unspecified atom stereocenters. The Balaban J connectivity index is 1.73. The van der Waals surface area contributed by atoms with E-state index in [2.05, 4.69) is 16.0 Å². The Hall–Kier alpha value is -2.25. The average molecular weight is 684 g/mol. The summed E-state index contributed by atoms with van der Waals surface area (Å²) in [5.41, 5.74) is 4.51. The zero-order valence-electron chi connectivity index (χ0n) is 29.7. The number of ether oxygens (including phenoxy) is 1. The van der Waals surface area contributed by atoms with Crippen LogP contribution < -0.4 is 21.7 Å². The molecule has 0 aromatic heterocycles. The zero-order chi connectivity index (χ0) is 35.2. The van der Waals surface area contributed by atoms with E-state index >= 15 is 0 Å². The average Bonchev–Trinajstić information content (AvgIpc) is 3.34. The second-order valence-electron chi connectivity index (χ2n) is 15.8. The van der Waals surface area contributed by atoms with Gasteiger partial charge in [0.15, 0.2) is 15.6 Å². The number of sulfone groups is 1. The summed E-state index contributed by atoms with van der Waals surface area (Å²) in [6.45, 7) is 13.0. The Morgan fingerprint density at radius 3 is 2.15 bits per heavy atom. The first-order chi connectivity index (χ1) is 21.8. The fraction of sp³-hybridized carbons (Fsp3) is 0.882. The minimum atomic E-state index is -3.41. The van der Waals surface area contributed by atoms with Crippen LogP contribution in [-0.2, 0) is 29.0 Å². The molecule has 270 valence electrons. The van der Waals surface area contributed by atoms with Crippen LogP contribution in [0, 0.1) is 11.8 Å². The Kier molecular flexibility index (Phi) is 13.7. The topological polar surface area (TPSA) is 177 Å². The molecule has 1 heterocycles. The normalized spacial score (nSPS) is 23.8. The van der Waals surface area contributed by atoms with Gasteiger partial charge in [-0.05, 0) is 72.1 Å². The summed E-state index contributed by atoms with van der Waals surface area (Å²) in [4.78, 5) is 55.4. The van der Waals surface area contributed by atoms with Crippen molar-refractivity contribution in [3.05, 3.63) is 0 Å². The second kappa shape index (κ2) is 16.4. The van der Waals surface area contributed by atoms with Crippen molar-refractivity contribution in [3.63, 3.8) is 0 Å². The van der Waals surface area contributed by atoms with Crippen molar-refractivity contribution >= 4 is 33.5 Å². The number of rotatable bonds is 15. The van der Waals surface area contributed by atoms with Crippen molar-refractivity contribution in [3.8, 4) is 0 Å². The standard InChI is InChI=1S/C34H61N5O7S/c1-22(2)14-17-47(44,45)21-34(15-9-8-10-16-34)38-32(43)36-24(4)31(42)39-20-26(46-33(5,6)7)19-28(39)30(41)37-27(29(40)23(3)35)18-25-12-11-13-25/h22-28H,8-21,35H2,1-7H3,(H,37,41)(H2,36,38,43)/t23?,24-,26?,27?,28-/m0/s1. The van der Waals surface area contributed by atoms with Gasteiger partial charge in [0.25, 0.3) is 0 Å². The first kappa shape index (κ1) is 39.2. The molecule has 2 aliphatic carbocycles. The van der Waals surface area contributed by atoms with Crippen LogP contribution >= 0.6 is 0 Å². The van der Waals surface area contributed by atoms with Gasteiger partial charge in [0.2, 0.25) is 11.8 Å². The van der Waals surface area contributed by atoms with Crippen LogP contribution in [0.2, 0.25) is 0 Å². The monoisotopic (exact) mass is 683 g/mol. The molecule has 5 N–H and O–H groups in total. The van der Waals surface area contributed by atoms with Crippen LogP contribution in [0.5, 0.6) is 0 Å². The predicted octanol–water partition coefficient (Wildman–Crippen LogP) is 3.21. The van der Waals surface area contributed by atoms with Crippen LogP contribution in [0.3, 0.4) is 0 Å². The van der Waals surface area contributed by atoms with Gasteiger partial charge < -0.3 is 31.3 Å². The van der Waals surface area contributed by atoms with Crippen molar-refractivity contribution in [1.82, 2.24) is 20.9 Å². The van der Waals surface area contributed by atoms with Crippen molar-refractivity contribution in [1.29, 1.82) is 0 Å². The molecule has 1 aliphatic heterocycles. The van der Waals surface area contributed by atoms with E-state index < -0.39 is 69.1 Å². The number of carbonyl (C=O) groups excluding carboxylic acids is 4. The highest BCUT2D eigenvalue weighted by Gasteiger charge is 2.45. The number of urea groups is 1. The third-order valence-electron chi connectivity index (χ3n) is 9.68. The lowest BCUT2D eigenvalue weighted by Crippen LogP contribution is -2.60. The molecule has 1 saturated heterocycles. The largest absolute Gasteiger partial charge is 0.371 e. The molecule has 3 rings (SSSR count). The van der Waals surface area contributed by atoms with Gasteiger partial charge in [-0.3, -0.25) is 14.4 Å². The van der Waals surface area contributed by atoms with Crippen molar-refractivity contribution in [2.45, 2.75) is 161 Å². The molecular formula is C34H61N5O7S. The number of amides is 4. The Morgan fingerprint density at radius 1 is 0.979 bits per heavy atom. The van der Waals surface area contributed by atoms with Gasteiger partial charge in [0.05, 0.1) is 40.8 Å². The number of nitrogens with zero attached hydrogens (tertiary/aromatic N) is 1. The number of nitrogens with one attached hydrogen (secondary N) is 3. The van der Waals surface area contributed by atoms with Gasteiger partial charge in [-0.25, -0.2) is 13.2 Å². The number of carbonyl (C=O) groups is 4. The van der Waals surface area contributed by atoms with Gasteiger partial charge in [0.1, 0.15) is 12.1 Å². The van der Waals surface area contributed by atoms with Crippen molar-refractivity contribution in [2.24, 2.45) is 17.6 Å². The maximum atomic E-state index is 13.9. The third kappa shape index (κ3) is 12.0. The lowest BCUT2D eigenvalue weighted by molar-refractivity contribution is -0.140. The molecule has 3 fully saturated rings. The number of ketones is 1. The van der Waals surface area contributed by atoms with E-state index in [1.54, 1.807) is 13.8 Å². The van der Waals surface area contributed by atoms with E-state index in [-0.39, 0.29) is 36.2 Å². The first-order valence-corrected chi connectivity index (χ1v) is 19.5. The molecule has 0 bridgehead atoms. The molecule has 0 aromatic rings. The summed E-state index contributed by atoms with van der Waals surface area (Å²) in [6, 6.07) is -4.00. The highest BCUT2D eigenvalue weighted by molar-refractivity contribution is 7.91. The number of Topliss-reactive ketones (excluding diaryl/α,β-unsaturated/α-hetero) is 1. The van der Waals surface area contributed by atoms with Crippen LogP contribution in [0.1, 0.15) is 119 Å². The van der Waals surface area contributed by atoms with Gasteiger partial charge in [-0.15, -0.1) is 0 Å². The SMILES string of the molecule is CC(C)CCS(=O)(=O)CC1(NC(=O)N[C@@H](C)C(=O)N2CC(OC(C)(C)C)C[C@H]2C(=O)NC(CC2CCC2)C(=O)C(C)N)CCCCC1. The number of hydrogen-bond donors (Lipinski definition) is 4. The van der Waals surface area contributed by atoms with Gasteiger partial charge in [-0.1, -0.05) is 52.4 Å². The van der Waals surface area contributed by atoms with Crippen LogP contribution in [0.25, 0.3) is 0 Å². The number of hydrogen-bond acceptors (Lipinski definition) is 8. The molecule has 13 heteroatoms. The highest BCUT2D eigenvalue weighted by atomic mass is 32.2. The predicted molar refractivity (Wildman–Crippen MR) is 182 cm³/mol. The van der Waals surface area contributed by atoms with Crippen LogP contribution in [0.15, 0.2) is 0 Å². The van der Waals surface area contributed by atoms with E-state index in [1.807, 2.05) is 34.6 Å². The summed E-state index contributed by atoms with van der Waals surface area (Å²) >= 11 is 0. The summed E-state index contributed by atoms with van der Waals surface area (Å²) in [5.74, 6) is -0.612. The Bertz CT molecular complexity index is 1210. The first-order valence-electron chi connectivity index (χ1n) is 17.7. The lowest BCUT2D eigenvalue weighted by atomic mass is 9.79. The highest BCUT2D eigenvalue weighted by Crippen LogP contribution is 2.32. The molecule has 12 nitrogen and oxygen atoms in total. The molecule has 47 heavy (non-hydrogen) atoms. The second-order valence-corrected chi connectivity index (χ2v) is 18.0. The summed E-state index contributed by atoms with van der Waals surface area (Å²) in [5, 5.41) is 8.59. The smallest absolute Gasteiger partial charge is 0.315 e. The zero-order valence-corrected chi connectivity index (χ0v) is 30.5. The molecule has 3 aliphatic rings. The molecule has 5 atom stereocenters. The summed E-state index contributed by atoms with van der Waals surface area (Å²) < 4.78 is 32.3. The molecule has 2 saturated carbocycles. The lowest BCUT2D eigenvalue weighted by Gasteiger charge is -2.38. The van der Waals surface area contributed by atoms with Crippen LogP contribution in [-0.4, -0.2) is 96.4 Å².